The number of carbonyl (C=O) groups excluding carboxylic acids is 2. The van der Waals surface area contributed by atoms with Crippen molar-refractivity contribution in [3.05, 3.63) is 95.1 Å². The fourth-order valence-electron chi connectivity index (χ4n) is 3.92. The zero-order valence-corrected chi connectivity index (χ0v) is 18.0. The summed E-state index contributed by atoms with van der Waals surface area (Å²) in [5.41, 5.74) is 5.14. The first-order valence-electron chi connectivity index (χ1n) is 10.6. The number of nitrogens with one attached hydrogen (secondary N) is 1. The van der Waals surface area contributed by atoms with Gasteiger partial charge in [0.2, 0.25) is 0 Å². The molecular formula is C26H27N3O2. The van der Waals surface area contributed by atoms with Gasteiger partial charge in [-0.3, -0.25) is 9.69 Å². The van der Waals surface area contributed by atoms with Gasteiger partial charge in [-0.2, -0.15) is 0 Å². The average Bonchev–Trinajstić information content (AvgIpc) is 2.76. The largest absolute Gasteiger partial charge is 0.324 e. The Bertz CT molecular complexity index is 1090. The predicted octanol–water partition coefficient (Wildman–Crippen LogP) is 5.39. The van der Waals surface area contributed by atoms with E-state index in [1.165, 1.54) is 0 Å². The van der Waals surface area contributed by atoms with Crippen LogP contribution in [0.1, 0.15) is 33.5 Å². The van der Waals surface area contributed by atoms with Gasteiger partial charge >= 0.3 is 6.03 Å². The van der Waals surface area contributed by atoms with Gasteiger partial charge in [0.1, 0.15) is 0 Å². The van der Waals surface area contributed by atoms with Gasteiger partial charge in [-0.1, -0.05) is 54.1 Å². The molecule has 0 spiro atoms. The molecule has 0 bridgehead atoms. The number of amides is 3. The molecule has 3 aromatic rings. The minimum atomic E-state index is -0.179. The number of nitrogens with zero attached hydrogens (tertiary/aromatic N) is 2. The molecule has 0 saturated carbocycles. The molecule has 1 aliphatic heterocycles. The second-order valence-corrected chi connectivity index (χ2v) is 8.04. The molecule has 31 heavy (non-hydrogen) atoms. The molecule has 0 radical (unpaired) electrons. The first-order chi connectivity index (χ1) is 15.0. The van der Waals surface area contributed by atoms with Crippen LogP contribution in [0.4, 0.5) is 16.2 Å². The summed E-state index contributed by atoms with van der Waals surface area (Å²) >= 11 is 0. The van der Waals surface area contributed by atoms with Crippen molar-refractivity contribution in [2.45, 2.75) is 26.8 Å². The van der Waals surface area contributed by atoms with Crippen LogP contribution in [0.5, 0.6) is 0 Å². The summed E-state index contributed by atoms with van der Waals surface area (Å²) in [5.74, 6) is -0.179. The van der Waals surface area contributed by atoms with Gasteiger partial charge < -0.3 is 10.2 Å². The molecule has 1 saturated heterocycles. The smallest absolute Gasteiger partial charge is 0.320 e. The van der Waals surface area contributed by atoms with Gasteiger partial charge in [-0.05, 0) is 55.7 Å². The fraction of sp³-hybridized carbons (Fsp3) is 0.231. The highest BCUT2D eigenvalue weighted by Crippen LogP contribution is 2.31. The van der Waals surface area contributed by atoms with Gasteiger partial charge in [0, 0.05) is 25.2 Å². The van der Waals surface area contributed by atoms with Crippen LogP contribution in [-0.4, -0.2) is 29.9 Å². The van der Waals surface area contributed by atoms with E-state index in [-0.39, 0.29) is 11.9 Å². The molecule has 1 fully saturated rings. The van der Waals surface area contributed by atoms with E-state index < -0.39 is 0 Å². The van der Waals surface area contributed by atoms with E-state index in [4.69, 9.17) is 0 Å². The van der Waals surface area contributed by atoms with Crippen molar-refractivity contribution in [2.24, 2.45) is 0 Å². The maximum absolute atomic E-state index is 13.3. The number of hydrogen-bond acceptors (Lipinski definition) is 2. The third-order valence-corrected chi connectivity index (χ3v) is 5.50. The van der Waals surface area contributed by atoms with E-state index in [0.29, 0.717) is 24.3 Å². The van der Waals surface area contributed by atoms with Crippen LogP contribution in [0.2, 0.25) is 0 Å². The Morgan fingerprint density at radius 2 is 1.68 bits per heavy atom. The summed E-state index contributed by atoms with van der Waals surface area (Å²) in [6, 6.07) is 23.3. The Hall–Kier alpha value is -3.60. The maximum Gasteiger partial charge on any atom is 0.324 e. The molecule has 158 valence electrons. The third-order valence-electron chi connectivity index (χ3n) is 5.50. The quantitative estimate of drug-likeness (QED) is 0.610. The molecule has 3 amide bonds. The summed E-state index contributed by atoms with van der Waals surface area (Å²) in [4.78, 5) is 29.8. The van der Waals surface area contributed by atoms with Crippen LogP contribution in [-0.2, 0) is 6.54 Å². The number of urea groups is 1. The normalized spacial score (nSPS) is 13.9. The number of rotatable bonds is 5. The van der Waals surface area contributed by atoms with Crippen molar-refractivity contribution < 1.29 is 9.59 Å². The monoisotopic (exact) mass is 413 g/mol. The van der Waals surface area contributed by atoms with Crippen molar-refractivity contribution in [1.29, 1.82) is 0 Å². The number of carbonyl (C=O) groups is 2. The highest BCUT2D eigenvalue weighted by molar-refractivity contribution is 6.07. The summed E-state index contributed by atoms with van der Waals surface area (Å²) in [5, 5.41) is 3.03. The van der Waals surface area contributed by atoms with Crippen LogP contribution in [0, 0.1) is 13.8 Å². The number of aryl methyl sites for hydroxylation is 2. The summed E-state index contributed by atoms with van der Waals surface area (Å²) < 4.78 is 0. The van der Waals surface area contributed by atoms with Crippen LogP contribution in [0.15, 0.2) is 72.8 Å². The number of benzene rings is 3. The van der Waals surface area contributed by atoms with E-state index in [1.807, 2.05) is 85.5 Å². The molecule has 3 aromatic carbocycles. The predicted molar refractivity (Wildman–Crippen MR) is 125 cm³/mol. The molecule has 0 atom stereocenters. The molecule has 0 aromatic heterocycles. The second kappa shape index (κ2) is 9.04. The first kappa shape index (κ1) is 20.7. The zero-order chi connectivity index (χ0) is 21.8. The van der Waals surface area contributed by atoms with Crippen LogP contribution in [0.25, 0.3) is 0 Å². The molecule has 5 heteroatoms. The lowest BCUT2D eigenvalue weighted by Crippen LogP contribution is -2.49. The Balaban J connectivity index is 1.58. The summed E-state index contributed by atoms with van der Waals surface area (Å²) in [6.07, 6.45) is 0.873. The standard InChI is InChI=1S/C26H27N3O2/c1-19-8-6-11-22(16-19)25(30)27-23-17-20(2)12-13-24(23)29-15-7-14-28(26(29)31)18-21-9-4-3-5-10-21/h3-6,8-13,16-17H,7,14-15,18H2,1-2H3,(H,27,30). The topological polar surface area (TPSA) is 52.7 Å². The van der Waals surface area contributed by atoms with E-state index in [1.54, 1.807) is 11.0 Å². The van der Waals surface area contributed by atoms with Crippen molar-refractivity contribution in [3.63, 3.8) is 0 Å². The first-order valence-corrected chi connectivity index (χ1v) is 10.6. The molecule has 1 aliphatic rings. The highest BCUT2D eigenvalue weighted by Gasteiger charge is 2.28. The van der Waals surface area contributed by atoms with Crippen LogP contribution in [0.3, 0.4) is 0 Å². The average molecular weight is 414 g/mol. The Morgan fingerprint density at radius 1 is 0.903 bits per heavy atom. The third kappa shape index (κ3) is 4.77. The maximum atomic E-state index is 13.3. The van der Waals surface area contributed by atoms with Gasteiger partial charge in [-0.25, -0.2) is 4.79 Å². The van der Waals surface area contributed by atoms with E-state index in [0.717, 1.165) is 35.3 Å². The van der Waals surface area contributed by atoms with Crippen LogP contribution >= 0.6 is 0 Å². The van der Waals surface area contributed by atoms with Crippen molar-refractivity contribution in [1.82, 2.24) is 4.90 Å². The van der Waals surface area contributed by atoms with E-state index in [2.05, 4.69) is 5.32 Å². The molecule has 4 rings (SSSR count). The van der Waals surface area contributed by atoms with Crippen molar-refractivity contribution in [2.75, 3.05) is 23.3 Å². The molecule has 1 N–H and O–H groups in total. The Morgan fingerprint density at radius 3 is 2.45 bits per heavy atom. The second-order valence-electron chi connectivity index (χ2n) is 8.04. The van der Waals surface area contributed by atoms with Crippen molar-refractivity contribution >= 4 is 23.3 Å². The molecule has 5 nitrogen and oxygen atoms in total. The van der Waals surface area contributed by atoms with Gasteiger partial charge in [0.15, 0.2) is 0 Å². The van der Waals surface area contributed by atoms with Crippen molar-refractivity contribution in [3.8, 4) is 0 Å². The van der Waals surface area contributed by atoms with Gasteiger partial charge in [0.25, 0.3) is 5.91 Å². The minimum absolute atomic E-state index is 0.0370. The molecular weight excluding hydrogens is 386 g/mol. The lowest BCUT2D eigenvalue weighted by Gasteiger charge is -2.36. The lowest BCUT2D eigenvalue weighted by molar-refractivity contribution is 0.102. The Labute approximate surface area is 183 Å². The molecule has 0 unspecified atom stereocenters. The zero-order valence-electron chi connectivity index (χ0n) is 18.0. The highest BCUT2D eigenvalue weighted by atomic mass is 16.2. The van der Waals surface area contributed by atoms with Gasteiger partial charge in [0.05, 0.1) is 11.4 Å². The Kier molecular flexibility index (Phi) is 6.03. The number of anilines is 2. The molecule has 1 heterocycles. The fourth-order valence-corrected chi connectivity index (χ4v) is 3.92. The van der Waals surface area contributed by atoms with E-state index >= 15 is 0 Å². The molecule has 0 aliphatic carbocycles. The lowest BCUT2D eigenvalue weighted by atomic mass is 10.1. The van der Waals surface area contributed by atoms with E-state index in [9.17, 15) is 9.59 Å². The summed E-state index contributed by atoms with van der Waals surface area (Å²) in [7, 11) is 0. The summed E-state index contributed by atoms with van der Waals surface area (Å²) in [6.45, 7) is 5.86. The number of hydrogen-bond donors (Lipinski definition) is 1. The van der Waals surface area contributed by atoms with Crippen LogP contribution < -0.4 is 10.2 Å². The van der Waals surface area contributed by atoms with Gasteiger partial charge in [-0.15, -0.1) is 0 Å². The minimum Gasteiger partial charge on any atom is -0.320 e. The SMILES string of the molecule is Cc1cccc(C(=O)Nc2cc(C)ccc2N2CCCN(Cc3ccccc3)C2=O)c1.